The van der Waals surface area contributed by atoms with Crippen LogP contribution < -0.4 is 0 Å². The van der Waals surface area contributed by atoms with E-state index in [9.17, 15) is 9.59 Å². The third-order valence-electron chi connectivity index (χ3n) is 2.17. The average molecular weight is 186 g/mol. The molecule has 3 heteroatoms. The third kappa shape index (κ3) is 4.65. The van der Waals surface area contributed by atoms with Crippen molar-refractivity contribution in [2.75, 3.05) is 0 Å². The molecule has 3 nitrogen and oxygen atoms in total. The Morgan fingerprint density at radius 2 is 1.77 bits per heavy atom. The highest BCUT2D eigenvalue weighted by atomic mass is 16.4. The summed E-state index contributed by atoms with van der Waals surface area (Å²) < 4.78 is 0. The van der Waals surface area contributed by atoms with E-state index in [4.69, 9.17) is 5.11 Å². The van der Waals surface area contributed by atoms with E-state index in [1.807, 2.05) is 13.8 Å². The maximum atomic E-state index is 11.5. The molecule has 0 bridgehead atoms. The van der Waals surface area contributed by atoms with Crippen molar-refractivity contribution < 1.29 is 14.7 Å². The molecule has 2 unspecified atom stereocenters. The molecule has 0 spiro atoms. The number of carboxylic acids is 1. The van der Waals surface area contributed by atoms with Gasteiger partial charge in [0.05, 0.1) is 6.42 Å². The van der Waals surface area contributed by atoms with Crippen LogP contribution in [0.4, 0.5) is 0 Å². The molecule has 0 aliphatic heterocycles. The van der Waals surface area contributed by atoms with Crippen molar-refractivity contribution in [3.8, 4) is 0 Å². The standard InChI is InChI=1S/C10H18O3/c1-4-5-7(2)10(13)8(3)6-9(11)12/h7-8H,4-6H2,1-3H3,(H,11,12). The smallest absolute Gasteiger partial charge is 0.304 e. The maximum absolute atomic E-state index is 11.5. The summed E-state index contributed by atoms with van der Waals surface area (Å²) in [5.41, 5.74) is 0. The van der Waals surface area contributed by atoms with Gasteiger partial charge in [0, 0.05) is 11.8 Å². The van der Waals surface area contributed by atoms with Gasteiger partial charge in [-0.05, 0) is 6.42 Å². The number of Topliss-reactive ketones (excluding diaryl/α,β-unsaturated/α-hetero) is 1. The van der Waals surface area contributed by atoms with E-state index in [0.29, 0.717) is 0 Å². The first-order chi connectivity index (χ1) is 5.99. The highest BCUT2D eigenvalue weighted by molar-refractivity contribution is 5.86. The van der Waals surface area contributed by atoms with Crippen molar-refractivity contribution in [1.82, 2.24) is 0 Å². The predicted molar refractivity (Wildman–Crippen MR) is 50.5 cm³/mol. The average Bonchev–Trinajstić information content (AvgIpc) is 2.02. The predicted octanol–water partition coefficient (Wildman–Crippen LogP) is 2.10. The van der Waals surface area contributed by atoms with Gasteiger partial charge >= 0.3 is 5.97 Å². The third-order valence-corrected chi connectivity index (χ3v) is 2.17. The van der Waals surface area contributed by atoms with E-state index >= 15 is 0 Å². The van der Waals surface area contributed by atoms with E-state index in [1.54, 1.807) is 6.92 Å². The molecule has 0 saturated carbocycles. The number of carbonyl (C=O) groups excluding carboxylic acids is 1. The molecule has 0 saturated heterocycles. The minimum absolute atomic E-state index is 0.000602. The van der Waals surface area contributed by atoms with E-state index in [2.05, 4.69) is 0 Å². The molecular weight excluding hydrogens is 168 g/mol. The van der Waals surface area contributed by atoms with Crippen LogP contribution in [-0.4, -0.2) is 16.9 Å². The molecule has 0 rings (SSSR count). The van der Waals surface area contributed by atoms with Crippen LogP contribution in [0.25, 0.3) is 0 Å². The quantitative estimate of drug-likeness (QED) is 0.691. The summed E-state index contributed by atoms with van der Waals surface area (Å²) in [4.78, 5) is 21.8. The molecule has 0 radical (unpaired) electrons. The van der Waals surface area contributed by atoms with Crippen molar-refractivity contribution >= 4 is 11.8 Å². The van der Waals surface area contributed by atoms with Crippen LogP contribution in [0.2, 0.25) is 0 Å². The van der Waals surface area contributed by atoms with E-state index in [1.165, 1.54) is 0 Å². The fraction of sp³-hybridized carbons (Fsp3) is 0.800. The van der Waals surface area contributed by atoms with Gasteiger partial charge in [-0.2, -0.15) is 0 Å². The Labute approximate surface area is 79.1 Å². The Balaban J connectivity index is 4.01. The van der Waals surface area contributed by atoms with E-state index in [0.717, 1.165) is 12.8 Å². The number of hydrogen-bond donors (Lipinski definition) is 1. The number of rotatable bonds is 6. The van der Waals surface area contributed by atoms with Crippen LogP contribution >= 0.6 is 0 Å². The first-order valence-electron chi connectivity index (χ1n) is 4.74. The zero-order chi connectivity index (χ0) is 10.4. The highest BCUT2D eigenvalue weighted by Gasteiger charge is 2.21. The fourth-order valence-corrected chi connectivity index (χ4v) is 1.42. The summed E-state index contributed by atoms with van der Waals surface area (Å²) in [7, 11) is 0. The van der Waals surface area contributed by atoms with Crippen LogP contribution in [0, 0.1) is 11.8 Å². The molecule has 0 amide bonds. The number of hydrogen-bond acceptors (Lipinski definition) is 2. The first kappa shape index (κ1) is 12.1. The Morgan fingerprint density at radius 3 is 2.15 bits per heavy atom. The highest BCUT2D eigenvalue weighted by Crippen LogP contribution is 2.15. The second-order valence-corrected chi connectivity index (χ2v) is 3.59. The van der Waals surface area contributed by atoms with Gasteiger partial charge in [0.15, 0.2) is 0 Å². The molecule has 0 aliphatic carbocycles. The van der Waals surface area contributed by atoms with Crippen LogP contribution in [-0.2, 0) is 9.59 Å². The Morgan fingerprint density at radius 1 is 1.23 bits per heavy atom. The van der Waals surface area contributed by atoms with Crippen LogP contribution in [0.3, 0.4) is 0 Å². The van der Waals surface area contributed by atoms with Crippen molar-refractivity contribution in [1.29, 1.82) is 0 Å². The Hall–Kier alpha value is -0.860. The number of carbonyl (C=O) groups is 2. The van der Waals surface area contributed by atoms with Crippen molar-refractivity contribution in [3.05, 3.63) is 0 Å². The SMILES string of the molecule is CCCC(C)C(=O)C(C)CC(=O)O. The molecule has 1 N–H and O–H groups in total. The summed E-state index contributed by atoms with van der Waals surface area (Å²) in [5.74, 6) is -1.17. The van der Waals surface area contributed by atoms with Crippen molar-refractivity contribution in [2.24, 2.45) is 11.8 Å². The Kier molecular flexibility index (Phi) is 5.35. The first-order valence-corrected chi connectivity index (χ1v) is 4.74. The van der Waals surface area contributed by atoms with E-state index in [-0.39, 0.29) is 24.0 Å². The van der Waals surface area contributed by atoms with Gasteiger partial charge in [-0.15, -0.1) is 0 Å². The summed E-state index contributed by atoms with van der Waals surface area (Å²) in [6.07, 6.45) is 1.77. The van der Waals surface area contributed by atoms with Crippen molar-refractivity contribution in [3.63, 3.8) is 0 Å². The van der Waals surface area contributed by atoms with Crippen LogP contribution in [0.15, 0.2) is 0 Å². The van der Waals surface area contributed by atoms with Gasteiger partial charge < -0.3 is 5.11 Å². The molecule has 2 atom stereocenters. The lowest BCUT2D eigenvalue weighted by molar-refractivity contribution is -0.141. The summed E-state index contributed by atoms with van der Waals surface area (Å²) in [5, 5.41) is 8.49. The zero-order valence-electron chi connectivity index (χ0n) is 8.54. The largest absolute Gasteiger partial charge is 0.481 e. The van der Waals surface area contributed by atoms with Gasteiger partial charge in [-0.3, -0.25) is 9.59 Å². The molecule has 0 fully saturated rings. The number of aliphatic carboxylic acids is 1. The topological polar surface area (TPSA) is 54.4 Å². The normalized spacial score (nSPS) is 15.0. The fourth-order valence-electron chi connectivity index (χ4n) is 1.42. The van der Waals surface area contributed by atoms with Crippen LogP contribution in [0.5, 0.6) is 0 Å². The van der Waals surface area contributed by atoms with Crippen molar-refractivity contribution in [2.45, 2.75) is 40.0 Å². The second kappa shape index (κ2) is 5.73. The maximum Gasteiger partial charge on any atom is 0.304 e. The van der Waals surface area contributed by atoms with Gasteiger partial charge in [0.25, 0.3) is 0 Å². The number of ketones is 1. The minimum Gasteiger partial charge on any atom is -0.481 e. The summed E-state index contributed by atoms with van der Waals surface area (Å²) in [6, 6.07) is 0. The molecule has 0 heterocycles. The lowest BCUT2D eigenvalue weighted by Crippen LogP contribution is -2.21. The second-order valence-electron chi connectivity index (χ2n) is 3.59. The lowest BCUT2D eigenvalue weighted by Gasteiger charge is -2.13. The van der Waals surface area contributed by atoms with Crippen LogP contribution in [0.1, 0.15) is 40.0 Å². The minimum atomic E-state index is -0.899. The molecule has 0 aromatic rings. The van der Waals surface area contributed by atoms with Gasteiger partial charge in [0.1, 0.15) is 5.78 Å². The summed E-state index contributed by atoms with van der Waals surface area (Å²) in [6.45, 7) is 5.57. The molecule has 0 aromatic carbocycles. The zero-order valence-corrected chi connectivity index (χ0v) is 8.54. The molecule has 76 valence electrons. The van der Waals surface area contributed by atoms with E-state index < -0.39 is 5.97 Å². The summed E-state index contributed by atoms with van der Waals surface area (Å²) >= 11 is 0. The Bertz CT molecular complexity index is 187. The van der Waals surface area contributed by atoms with Gasteiger partial charge in [-0.25, -0.2) is 0 Å². The number of carboxylic acid groups (broad SMARTS) is 1. The molecular formula is C10H18O3. The molecule has 0 aromatic heterocycles. The van der Waals surface area contributed by atoms with Gasteiger partial charge in [0.2, 0.25) is 0 Å². The monoisotopic (exact) mass is 186 g/mol. The van der Waals surface area contributed by atoms with Gasteiger partial charge in [-0.1, -0.05) is 27.2 Å². The molecule has 13 heavy (non-hydrogen) atoms. The molecule has 0 aliphatic rings. The lowest BCUT2D eigenvalue weighted by atomic mass is 9.90.